The fraction of sp³-hybridized carbons (Fsp3) is 0.800. The van der Waals surface area contributed by atoms with E-state index in [1.165, 1.54) is 0 Å². The predicted octanol–water partition coefficient (Wildman–Crippen LogP) is -1.08. The molecule has 1 aliphatic heterocycles. The van der Waals surface area contributed by atoms with Crippen molar-refractivity contribution in [1.29, 1.82) is 0 Å². The van der Waals surface area contributed by atoms with Crippen molar-refractivity contribution < 1.29 is 13.2 Å². The SMILES string of the molecule is CS(=O)(=O)[C@H]1CNC(=O)C1. The number of carbonyl (C=O) groups is 1. The van der Waals surface area contributed by atoms with E-state index in [9.17, 15) is 13.2 Å². The van der Waals surface area contributed by atoms with Crippen LogP contribution in [0.1, 0.15) is 6.42 Å². The lowest BCUT2D eigenvalue weighted by molar-refractivity contribution is -0.119. The predicted molar refractivity (Wildman–Crippen MR) is 36.3 cm³/mol. The molecule has 0 aliphatic carbocycles. The van der Waals surface area contributed by atoms with Crippen molar-refractivity contribution in [3.63, 3.8) is 0 Å². The Labute approximate surface area is 59.5 Å². The second-order valence-electron chi connectivity index (χ2n) is 2.46. The Bertz CT molecular complexity index is 244. The summed E-state index contributed by atoms with van der Waals surface area (Å²) in [6.45, 7) is 0.275. The van der Waals surface area contributed by atoms with Crippen LogP contribution in [0.2, 0.25) is 0 Å². The average molecular weight is 163 g/mol. The van der Waals surface area contributed by atoms with Gasteiger partial charge in [0.1, 0.15) is 0 Å². The molecule has 58 valence electrons. The average Bonchev–Trinajstić information content (AvgIpc) is 2.11. The minimum Gasteiger partial charge on any atom is -0.355 e. The highest BCUT2D eigenvalue weighted by molar-refractivity contribution is 7.91. The van der Waals surface area contributed by atoms with Gasteiger partial charge in [-0.05, 0) is 0 Å². The Morgan fingerprint density at radius 2 is 2.20 bits per heavy atom. The zero-order chi connectivity index (χ0) is 7.78. The standard InChI is InChI=1S/C5H9NO3S/c1-10(8,9)4-2-5(7)6-3-4/h4H,2-3H2,1H3,(H,6,7)/t4-/m1/s1. The van der Waals surface area contributed by atoms with Gasteiger partial charge in [0.15, 0.2) is 9.84 Å². The quantitative estimate of drug-likeness (QED) is 0.534. The van der Waals surface area contributed by atoms with Gasteiger partial charge in [-0.3, -0.25) is 4.79 Å². The van der Waals surface area contributed by atoms with E-state index in [0.717, 1.165) is 6.26 Å². The number of hydrogen-bond acceptors (Lipinski definition) is 3. The van der Waals surface area contributed by atoms with Gasteiger partial charge in [0.05, 0.1) is 5.25 Å². The molecule has 0 aromatic rings. The largest absolute Gasteiger partial charge is 0.355 e. The Morgan fingerprint density at radius 1 is 1.60 bits per heavy atom. The van der Waals surface area contributed by atoms with Crippen LogP contribution in [0.25, 0.3) is 0 Å². The van der Waals surface area contributed by atoms with Gasteiger partial charge >= 0.3 is 0 Å². The molecule has 0 bridgehead atoms. The molecule has 0 aromatic heterocycles. The Hall–Kier alpha value is -0.580. The number of nitrogens with one attached hydrogen (secondary N) is 1. The third kappa shape index (κ3) is 1.47. The van der Waals surface area contributed by atoms with Crippen molar-refractivity contribution in [1.82, 2.24) is 5.32 Å². The van der Waals surface area contributed by atoms with Gasteiger partial charge in [0.25, 0.3) is 0 Å². The lowest BCUT2D eigenvalue weighted by Crippen LogP contribution is -2.22. The monoisotopic (exact) mass is 163 g/mol. The topological polar surface area (TPSA) is 63.2 Å². The van der Waals surface area contributed by atoms with Crippen LogP contribution < -0.4 is 5.32 Å². The van der Waals surface area contributed by atoms with E-state index >= 15 is 0 Å². The van der Waals surface area contributed by atoms with E-state index in [-0.39, 0.29) is 18.9 Å². The molecule has 1 fully saturated rings. The number of rotatable bonds is 1. The van der Waals surface area contributed by atoms with Gasteiger partial charge < -0.3 is 5.32 Å². The van der Waals surface area contributed by atoms with Gasteiger partial charge in [-0.2, -0.15) is 0 Å². The maximum atomic E-state index is 10.8. The van der Waals surface area contributed by atoms with Crippen LogP contribution in [0.15, 0.2) is 0 Å². The first kappa shape index (κ1) is 7.53. The molecule has 1 rings (SSSR count). The highest BCUT2D eigenvalue weighted by Gasteiger charge is 2.29. The van der Waals surface area contributed by atoms with Gasteiger partial charge in [0, 0.05) is 19.2 Å². The summed E-state index contributed by atoms with van der Waals surface area (Å²) in [6, 6.07) is 0. The molecule has 1 N–H and O–H groups in total. The van der Waals surface area contributed by atoms with E-state index in [1.54, 1.807) is 0 Å². The molecule has 1 atom stereocenters. The molecule has 1 amide bonds. The summed E-state index contributed by atoms with van der Waals surface area (Å²) in [5.74, 6) is -0.171. The van der Waals surface area contributed by atoms with Crippen LogP contribution >= 0.6 is 0 Å². The van der Waals surface area contributed by atoms with Gasteiger partial charge in [-0.25, -0.2) is 8.42 Å². The van der Waals surface area contributed by atoms with E-state index < -0.39 is 15.1 Å². The van der Waals surface area contributed by atoms with Crippen LogP contribution in [0.5, 0.6) is 0 Å². The zero-order valence-corrected chi connectivity index (χ0v) is 6.44. The molecule has 0 spiro atoms. The summed E-state index contributed by atoms with van der Waals surface area (Å²) >= 11 is 0. The number of amides is 1. The summed E-state index contributed by atoms with van der Waals surface area (Å²) in [5, 5.41) is 1.96. The second kappa shape index (κ2) is 2.23. The third-order valence-electron chi connectivity index (χ3n) is 1.55. The van der Waals surface area contributed by atoms with Gasteiger partial charge in [0.2, 0.25) is 5.91 Å². The number of hydrogen-bond donors (Lipinski definition) is 1. The van der Waals surface area contributed by atoms with Crippen LogP contribution in [-0.4, -0.2) is 32.4 Å². The lowest BCUT2D eigenvalue weighted by atomic mass is 10.4. The zero-order valence-electron chi connectivity index (χ0n) is 5.62. The molecule has 0 saturated carbocycles. The summed E-state index contributed by atoms with van der Waals surface area (Å²) in [6.07, 6.45) is 1.27. The lowest BCUT2D eigenvalue weighted by Gasteiger charge is -2.01. The summed E-state index contributed by atoms with van der Waals surface area (Å²) in [7, 11) is -3.02. The summed E-state index contributed by atoms with van der Waals surface area (Å²) in [5.41, 5.74) is 0. The molecule has 10 heavy (non-hydrogen) atoms. The highest BCUT2D eigenvalue weighted by Crippen LogP contribution is 2.08. The molecule has 5 heteroatoms. The minimum atomic E-state index is -3.02. The first-order valence-corrected chi connectivity index (χ1v) is 4.91. The van der Waals surface area contributed by atoms with Gasteiger partial charge in [-0.15, -0.1) is 0 Å². The fourth-order valence-corrected chi connectivity index (χ4v) is 1.72. The molecule has 0 radical (unpaired) electrons. The molecule has 4 nitrogen and oxygen atoms in total. The van der Waals surface area contributed by atoms with E-state index in [4.69, 9.17) is 0 Å². The Kier molecular flexibility index (Phi) is 1.68. The maximum absolute atomic E-state index is 10.8. The smallest absolute Gasteiger partial charge is 0.221 e. The second-order valence-corrected chi connectivity index (χ2v) is 4.79. The normalized spacial score (nSPS) is 26.5. The fourth-order valence-electron chi connectivity index (χ4n) is 0.882. The van der Waals surface area contributed by atoms with Crippen LogP contribution in [0.3, 0.4) is 0 Å². The maximum Gasteiger partial charge on any atom is 0.221 e. The minimum absolute atomic E-state index is 0.124. The molecule has 1 heterocycles. The van der Waals surface area contributed by atoms with E-state index in [1.807, 2.05) is 0 Å². The molecule has 1 saturated heterocycles. The van der Waals surface area contributed by atoms with Crippen molar-refractivity contribution in [2.75, 3.05) is 12.8 Å². The molecule has 1 aliphatic rings. The third-order valence-corrected chi connectivity index (χ3v) is 3.09. The van der Waals surface area contributed by atoms with Crippen LogP contribution in [0.4, 0.5) is 0 Å². The summed E-state index contributed by atoms with van der Waals surface area (Å²) < 4.78 is 21.6. The first-order valence-electron chi connectivity index (χ1n) is 2.96. The van der Waals surface area contributed by atoms with Crippen molar-refractivity contribution in [3.8, 4) is 0 Å². The van der Waals surface area contributed by atoms with Crippen molar-refractivity contribution in [2.45, 2.75) is 11.7 Å². The Balaban J connectivity index is 2.71. The highest BCUT2D eigenvalue weighted by atomic mass is 32.2. The molecule has 0 aromatic carbocycles. The summed E-state index contributed by atoms with van der Waals surface area (Å²) in [4.78, 5) is 10.5. The first-order chi connectivity index (χ1) is 4.50. The van der Waals surface area contributed by atoms with E-state index in [2.05, 4.69) is 5.32 Å². The van der Waals surface area contributed by atoms with Crippen LogP contribution in [0, 0.1) is 0 Å². The molecule has 0 unspecified atom stereocenters. The number of carbonyl (C=O) groups excluding carboxylic acids is 1. The van der Waals surface area contributed by atoms with Crippen molar-refractivity contribution >= 4 is 15.7 Å². The van der Waals surface area contributed by atoms with Crippen molar-refractivity contribution in [3.05, 3.63) is 0 Å². The van der Waals surface area contributed by atoms with E-state index in [0.29, 0.717) is 0 Å². The van der Waals surface area contributed by atoms with Crippen LogP contribution in [-0.2, 0) is 14.6 Å². The number of sulfone groups is 1. The molecular formula is C5H9NO3S. The Morgan fingerprint density at radius 3 is 2.40 bits per heavy atom. The molecular weight excluding hydrogens is 154 g/mol. The van der Waals surface area contributed by atoms with Crippen molar-refractivity contribution in [2.24, 2.45) is 0 Å². The van der Waals surface area contributed by atoms with Gasteiger partial charge in [-0.1, -0.05) is 0 Å².